The molecule has 0 saturated carbocycles. The van der Waals surface area contributed by atoms with Crippen molar-refractivity contribution in [1.82, 2.24) is 19.2 Å². The normalized spacial score (nSPS) is 10.7. The molecule has 3 aromatic rings. The van der Waals surface area contributed by atoms with Gasteiger partial charge in [0.25, 0.3) is 0 Å². The van der Waals surface area contributed by atoms with E-state index in [0.717, 1.165) is 15.7 Å². The molecule has 118 valence electrons. The number of hydrogen-bond donors (Lipinski definition) is 0. The van der Waals surface area contributed by atoms with E-state index >= 15 is 0 Å². The average Bonchev–Trinajstić information content (AvgIpc) is 3.20. The van der Waals surface area contributed by atoms with E-state index in [4.69, 9.17) is 0 Å². The molecule has 1 aromatic carbocycles. The standard InChI is InChI=1S/C17H17BrN4O/c1-20(11-14-6-2-3-7-16(14)18)17(23)13-22-12-15(10-19-22)21-8-4-5-9-21/h2-10,12H,11,13H2,1H3. The molecule has 0 fully saturated rings. The molecule has 0 bridgehead atoms. The molecule has 6 heteroatoms. The lowest BCUT2D eigenvalue weighted by atomic mass is 10.2. The molecule has 0 aliphatic heterocycles. The van der Waals surface area contributed by atoms with E-state index in [-0.39, 0.29) is 12.5 Å². The van der Waals surface area contributed by atoms with Crippen molar-refractivity contribution in [2.75, 3.05) is 7.05 Å². The van der Waals surface area contributed by atoms with Gasteiger partial charge in [-0.15, -0.1) is 0 Å². The van der Waals surface area contributed by atoms with E-state index < -0.39 is 0 Å². The number of likely N-dealkylation sites (N-methyl/N-ethyl adjacent to an activating group) is 1. The Morgan fingerprint density at radius 3 is 2.70 bits per heavy atom. The fraction of sp³-hybridized carbons (Fsp3) is 0.176. The number of nitrogens with zero attached hydrogens (tertiary/aromatic N) is 4. The molecule has 2 heterocycles. The first kappa shape index (κ1) is 15.6. The van der Waals surface area contributed by atoms with Gasteiger partial charge >= 0.3 is 0 Å². The van der Waals surface area contributed by atoms with Gasteiger partial charge in [0, 0.05) is 36.7 Å². The van der Waals surface area contributed by atoms with Gasteiger partial charge in [-0.1, -0.05) is 34.1 Å². The first-order valence-corrected chi connectivity index (χ1v) is 8.06. The minimum absolute atomic E-state index is 0.0166. The van der Waals surface area contributed by atoms with E-state index in [1.54, 1.807) is 22.8 Å². The molecule has 0 aliphatic carbocycles. The Morgan fingerprint density at radius 1 is 1.22 bits per heavy atom. The summed E-state index contributed by atoms with van der Waals surface area (Å²) in [5.74, 6) is 0.0166. The number of rotatable bonds is 5. The van der Waals surface area contributed by atoms with Crippen LogP contribution < -0.4 is 0 Å². The highest BCUT2D eigenvalue weighted by atomic mass is 79.9. The summed E-state index contributed by atoms with van der Waals surface area (Å²) in [6, 6.07) is 11.8. The molecule has 0 spiro atoms. The molecule has 0 atom stereocenters. The van der Waals surface area contributed by atoms with Crippen LogP contribution in [0.4, 0.5) is 0 Å². The molecule has 5 nitrogen and oxygen atoms in total. The first-order chi connectivity index (χ1) is 11.1. The van der Waals surface area contributed by atoms with Gasteiger partial charge in [-0.3, -0.25) is 9.48 Å². The van der Waals surface area contributed by atoms with Gasteiger partial charge in [0.1, 0.15) is 6.54 Å². The van der Waals surface area contributed by atoms with E-state index in [1.165, 1.54) is 0 Å². The van der Waals surface area contributed by atoms with Crippen molar-refractivity contribution in [1.29, 1.82) is 0 Å². The number of benzene rings is 1. The Kier molecular flexibility index (Phi) is 4.62. The Morgan fingerprint density at radius 2 is 1.96 bits per heavy atom. The zero-order chi connectivity index (χ0) is 16.2. The Labute approximate surface area is 143 Å². The third kappa shape index (κ3) is 3.71. The van der Waals surface area contributed by atoms with E-state index in [0.29, 0.717) is 6.54 Å². The lowest BCUT2D eigenvalue weighted by Crippen LogP contribution is -2.30. The van der Waals surface area contributed by atoms with Crippen LogP contribution in [0.25, 0.3) is 5.69 Å². The predicted molar refractivity (Wildman–Crippen MR) is 92.2 cm³/mol. The fourth-order valence-corrected chi connectivity index (χ4v) is 2.72. The number of aromatic nitrogens is 3. The van der Waals surface area contributed by atoms with Crippen LogP contribution in [0.1, 0.15) is 5.56 Å². The maximum atomic E-state index is 12.4. The summed E-state index contributed by atoms with van der Waals surface area (Å²) in [5, 5.41) is 4.26. The van der Waals surface area contributed by atoms with Gasteiger partial charge in [-0.05, 0) is 23.8 Å². The largest absolute Gasteiger partial charge is 0.340 e. The van der Waals surface area contributed by atoms with Crippen molar-refractivity contribution < 1.29 is 4.79 Å². The Balaban J connectivity index is 1.64. The number of carbonyl (C=O) groups is 1. The monoisotopic (exact) mass is 372 g/mol. The van der Waals surface area contributed by atoms with E-state index in [9.17, 15) is 4.79 Å². The fourth-order valence-electron chi connectivity index (χ4n) is 2.31. The molecule has 1 amide bonds. The number of halogens is 1. The topological polar surface area (TPSA) is 43.1 Å². The zero-order valence-corrected chi connectivity index (χ0v) is 14.3. The summed E-state index contributed by atoms with van der Waals surface area (Å²) in [5.41, 5.74) is 2.02. The van der Waals surface area contributed by atoms with Crippen LogP contribution in [0.15, 0.2) is 65.7 Å². The maximum absolute atomic E-state index is 12.4. The molecular formula is C17H17BrN4O. The van der Waals surface area contributed by atoms with Crippen LogP contribution in [0, 0.1) is 0 Å². The van der Waals surface area contributed by atoms with Gasteiger partial charge in [0.05, 0.1) is 11.9 Å². The molecule has 23 heavy (non-hydrogen) atoms. The second-order valence-electron chi connectivity index (χ2n) is 5.33. The second kappa shape index (κ2) is 6.83. The van der Waals surface area contributed by atoms with E-state index in [1.807, 2.05) is 59.6 Å². The molecule has 0 saturated heterocycles. The number of amides is 1. The van der Waals surface area contributed by atoms with Gasteiger partial charge in [-0.25, -0.2) is 0 Å². The van der Waals surface area contributed by atoms with Crippen LogP contribution in [0.5, 0.6) is 0 Å². The van der Waals surface area contributed by atoms with E-state index in [2.05, 4.69) is 21.0 Å². The third-order valence-electron chi connectivity index (χ3n) is 3.61. The highest BCUT2D eigenvalue weighted by Crippen LogP contribution is 2.17. The predicted octanol–water partition coefficient (Wildman–Crippen LogP) is 3.09. The number of hydrogen-bond acceptors (Lipinski definition) is 2. The molecular weight excluding hydrogens is 356 g/mol. The molecule has 0 radical (unpaired) electrons. The molecule has 3 rings (SSSR count). The van der Waals surface area contributed by atoms with Crippen molar-refractivity contribution in [2.24, 2.45) is 0 Å². The highest BCUT2D eigenvalue weighted by Gasteiger charge is 2.12. The molecule has 2 aromatic heterocycles. The van der Waals surface area contributed by atoms with Crippen LogP contribution in [-0.4, -0.2) is 32.2 Å². The minimum Gasteiger partial charge on any atom is -0.340 e. The van der Waals surface area contributed by atoms with Gasteiger partial charge in [0.2, 0.25) is 5.91 Å². The SMILES string of the molecule is CN(Cc1ccccc1Br)C(=O)Cn1cc(-n2cccc2)cn1. The van der Waals surface area contributed by atoms with Crippen molar-refractivity contribution in [3.05, 3.63) is 71.2 Å². The van der Waals surface area contributed by atoms with Crippen molar-refractivity contribution in [3.63, 3.8) is 0 Å². The van der Waals surface area contributed by atoms with Crippen LogP contribution in [-0.2, 0) is 17.9 Å². The van der Waals surface area contributed by atoms with Crippen molar-refractivity contribution in [3.8, 4) is 5.69 Å². The summed E-state index contributed by atoms with van der Waals surface area (Å²) in [4.78, 5) is 14.1. The Bertz CT molecular complexity index is 795. The van der Waals surface area contributed by atoms with Crippen LogP contribution in [0.2, 0.25) is 0 Å². The summed E-state index contributed by atoms with van der Waals surface area (Å²) in [6.07, 6.45) is 7.51. The summed E-state index contributed by atoms with van der Waals surface area (Å²) in [7, 11) is 1.80. The smallest absolute Gasteiger partial charge is 0.244 e. The molecule has 0 N–H and O–H groups in total. The molecule has 0 unspecified atom stereocenters. The van der Waals surface area contributed by atoms with Crippen LogP contribution in [0.3, 0.4) is 0 Å². The zero-order valence-electron chi connectivity index (χ0n) is 12.8. The first-order valence-electron chi connectivity index (χ1n) is 7.26. The highest BCUT2D eigenvalue weighted by molar-refractivity contribution is 9.10. The van der Waals surface area contributed by atoms with Gasteiger partial charge < -0.3 is 9.47 Å². The molecule has 0 aliphatic rings. The lowest BCUT2D eigenvalue weighted by Gasteiger charge is -2.18. The average molecular weight is 373 g/mol. The second-order valence-corrected chi connectivity index (χ2v) is 6.18. The quantitative estimate of drug-likeness (QED) is 0.690. The number of carbonyl (C=O) groups excluding carboxylic acids is 1. The Hall–Kier alpha value is -2.34. The van der Waals surface area contributed by atoms with Gasteiger partial charge in [0.15, 0.2) is 0 Å². The summed E-state index contributed by atoms with van der Waals surface area (Å²) in [6.45, 7) is 0.786. The van der Waals surface area contributed by atoms with Crippen molar-refractivity contribution >= 4 is 21.8 Å². The minimum atomic E-state index is 0.0166. The van der Waals surface area contributed by atoms with Crippen molar-refractivity contribution in [2.45, 2.75) is 13.1 Å². The maximum Gasteiger partial charge on any atom is 0.244 e. The third-order valence-corrected chi connectivity index (χ3v) is 4.38. The summed E-state index contributed by atoms with van der Waals surface area (Å²) >= 11 is 3.51. The summed E-state index contributed by atoms with van der Waals surface area (Å²) < 4.78 is 4.63. The van der Waals surface area contributed by atoms with Gasteiger partial charge in [-0.2, -0.15) is 5.10 Å². The lowest BCUT2D eigenvalue weighted by molar-refractivity contribution is -0.131. The van der Waals surface area contributed by atoms with Crippen LogP contribution >= 0.6 is 15.9 Å².